The van der Waals surface area contributed by atoms with Crippen LogP contribution in [0.2, 0.25) is 0 Å². The maximum Gasteiger partial charge on any atom is 0.153 e. The standard InChI is InChI=1S/C8H17N3O2/c1-11(6-8(9)10-12)7-2-4-13-5-3-7/h7,12H,2-6H2,1H3,(H2,9,10). The summed E-state index contributed by atoms with van der Waals surface area (Å²) in [4.78, 5) is 2.09. The summed E-state index contributed by atoms with van der Waals surface area (Å²) in [6.45, 7) is 2.14. The summed E-state index contributed by atoms with van der Waals surface area (Å²) in [5.41, 5.74) is 5.41. The Bertz CT molecular complexity index is 178. The molecule has 13 heavy (non-hydrogen) atoms. The molecule has 0 atom stereocenters. The average Bonchev–Trinajstić information content (AvgIpc) is 2.19. The molecule has 0 spiro atoms. The smallest absolute Gasteiger partial charge is 0.153 e. The van der Waals surface area contributed by atoms with Crippen molar-refractivity contribution in [2.24, 2.45) is 10.9 Å². The highest BCUT2D eigenvalue weighted by Gasteiger charge is 2.18. The van der Waals surface area contributed by atoms with Gasteiger partial charge >= 0.3 is 0 Å². The highest BCUT2D eigenvalue weighted by molar-refractivity contribution is 5.81. The van der Waals surface area contributed by atoms with Gasteiger partial charge in [-0.25, -0.2) is 0 Å². The Morgan fingerprint density at radius 1 is 1.62 bits per heavy atom. The van der Waals surface area contributed by atoms with Crippen molar-refractivity contribution in [3.63, 3.8) is 0 Å². The van der Waals surface area contributed by atoms with Crippen LogP contribution in [0.4, 0.5) is 0 Å². The number of likely N-dealkylation sites (N-methyl/N-ethyl adjacent to an activating group) is 1. The highest BCUT2D eigenvalue weighted by atomic mass is 16.5. The number of nitrogens with zero attached hydrogens (tertiary/aromatic N) is 2. The molecule has 1 heterocycles. The molecule has 0 amide bonds. The quantitative estimate of drug-likeness (QED) is 0.279. The lowest BCUT2D eigenvalue weighted by Gasteiger charge is -2.30. The summed E-state index contributed by atoms with van der Waals surface area (Å²) in [6, 6.07) is 0.494. The number of oxime groups is 1. The predicted molar refractivity (Wildman–Crippen MR) is 49.9 cm³/mol. The van der Waals surface area contributed by atoms with Crippen molar-refractivity contribution in [2.75, 3.05) is 26.8 Å². The van der Waals surface area contributed by atoms with Crippen LogP contribution in [0.15, 0.2) is 5.16 Å². The minimum atomic E-state index is 0.258. The lowest BCUT2D eigenvalue weighted by atomic mass is 10.1. The minimum Gasteiger partial charge on any atom is -0.409 e. The van der Waals surface area contributed by atoms with Gasteiger partial charge in [0.05, 0.1) is 6.54 Å². The van der Waals surface area contributed by atoms with E-state index >= 15 is 0 Å². The van der Waals surface area contributed by atoms with Crippen molar-refractivity contribution < 1.29 is 9.94 Å². The second kappa shape index (κ2) is 5.04. The Morgan fingerprint density at radius 3 is 2.77 bits per heavy atom. The molecule has 1 saturated heterocycles. The zero-order valence-corrected chi connectivity index (χ0v) is 7.94. The number of hydrogen-bond donors (Lipinski definition) is 2. The third kappa shape index (κ3) is 3.20. The van der Waals surface area contributed by atoms with Gasteiger partial charge in [0.15, 0.2) is 5.84 Å². The number of hydrogen-bond acceptors (Lipinski definition) is 4. The summed E-state index contributed by atoms with van der Waals surface area (Å²) in [7, 11) is 1.98. The van der Waals surface area contributed by atoms with Gasteiger partial charge in [-0.2, -0.15) is 0 Å². The Morgan fingerprint density at radius 2 is 2.23 bits per heavy atom. The van der Waals surface area contributed by atoms with Gasteiger partial charge in [-0.3, -0.25) is 4.90 Å². The Kier molecular flexibility index (Phi) is 3.98. The molecular weight excluding hydrogens is 170 g/mol. The van der Waals surface area contributed by atoms with E-state index in [1.54, 1.807) is 0 Å². The van der Waals surface area contributed by atoms with Gasteiger partial charge < -0.3 is 15.7 Å². The number of rotatable bonds is 3. The third-order valence-corrected chi connectivity index (χ3v) is 2.35. The second-order valence-electron chi connectivity index (χ2n) is 3.35. The van der Waals surface area contributed by atoms with Crippen LogP contribution in [0.3, 0.4) is 0 Å². The molecule has 5 heteroatoms. The van der Waals surface area contributed by atoms with Crippen molar-refractivity contribution in [1.82, 2.24) is 4.90 Å². The predicted octanol–water partition coefficient (Wildman–Crippen LogP) is -0.156. The van der Waals surface area contributed by atoms with E-state index < -0.39 is 0 Å². The van der Waals surface area contributed by atoms with E-state index in [9.17, 15) is 0 Å². The summed E-state index contributed by atoms with van der Waals surface area (Å²) in [5, 5.41) is 11.3. The normalized spacial score (nSPS) is 20.9. The number of ether oxygens (including phenoxy) is 1. The van der Waals surface area contributed by atoms with Gasteiger partial charge in [0, 0.05) is 19.3 Å². The lowest BCUT2D eigenvalue weighted by molar-refractivity contribution is 0.0474. The molecule has 1 fully saturated rings. The summed E-state index contributed by atoms with van der Waals surface area (Å²) in [5.74, 6) is 0.258. The first-order chi connectivity index (χ1) is 6.24. The van der Waals surface area contributed by atoms with E-state index in [2.05, 4.69) is 10.1 Å². The Hall–Kier alpha value is -0.810. The summed E-state index contributed by atoms with van der Waals surface area (Å²) >= 11 is 0. The largest absolute Gasteiger partial charge is 0.409 e. The molecule has 0 radical (unpaired) electrons. The van der Waals surface area contributed by atoms with Crippen molar-refractivity contribution in [2.45, 2.75) is 18.9 Å². The van der Waals surface area contributed by atoms with E-state index in [-0.39, 0.29) is 5.84 Å². The van der Waals surface area contributed by atoms with Gasteiger partial charge in [-0.1, -0.05) is 5.16 Å². The van der Waals surface area contributed by atoms with Crippen LogP contribution in [0.25, 0.3) is 0 Å². The first-order valence-corrected chi connectivity index (χ1v) is 4.48. The van der Waals surface area contributed by atoms with Crippen LogP contribution in [0, 0.1) is 0 Å². The monoisotopic (exact) mass is 187 g/mol. The fourth-order valence-corrected chi connectivity index (χ4v) is 1.54. The maximum atomic E-state index is 8.39. The van der Waals surface area contributed by atoms with Crippen molar-refractivity contribution in [3.8, 4) is 0 Å². The molecule has 1 aliphatic heterocycles. The Balaban J connectivity index is 2.32. The molecule has 1 rings (SSSR count). The van der Waals surface area contributed by atoms with Crippen LogP contribution < -0.4 is 5.73 Å². The molecule has 5 nitrogen and oxygen atoms in total. The molecule has 0 aromatic heterocycles. The van der Waals surface area contributed by atoms with E-state index in [0.29, 0.717) is 12.6 Å². The number of nitrogens with two attached hydrogens (primary N) is 1. The lowest BCUT2D eigenvalue weighted by Crippen LogP contribution is -2.41. The van der Waals surface area contributed by atoms with Gasteiger partial charge in [-0.15, -0.1) is 0 Å². The molecule has 0 aromatic rings. The van der Waals surface area contributed by atoms with Crippen molar-refractivity contribution >= 4 is 5.84 Å². The molecule has 1 aliphatic rings. The van der Waals surface area contributed by atoms with Gasteiger partial charge in [0.2, 0.25) is 0 Å². The fraction of sp³-hybridized carbons (Fsp3) is 0.875. The van der Waals surface area contributed by atoms with Gasteiger partial charge in [0.25, 0.3) is 0 Å². The van der Waals surface area contributed by atoms with Crippen molar-refractivity contribution in [1.29, 1.82) is 0 Å². The topological polar surface area (TPSA) is 71.1 Å². The van der Waals surface area contributed by atoms with Crippen LogP contribution in [-0.4, -0.2) is 48.8 Å². The van der Waals surface area contributed by atoms with Crippen LogP contribution in [-0.2, 0) is 4.74 Å². The Labute approximate surface area is 78.1 Å². The molecule has 0 aromatic carbocycles. The first-order valence-electron chi connectivity index (χ1n) is 4.48. The number of amidine groups is 1. The summed E-state index contributed by atoms with van der Waals surface area (Å²) in [6.07, 6.45) is 2.05. The first kappa shape index (κ1) is 10.3. The zero-order chi connectivity index (χ0) is 9.68. The van der Waals surface area contributed by atoms with Crippen LogP contribution >= 0.6 is 0 Å². The third-order valence-electron chi connectivity index (χ3n) is 2.35. The zero-order valence-electron chi connectivity index (χ0n) is 7.94. The van der Waals surface area contributed by atoms with E-state index in [1.807, 2.05) is 7.05 Å². The van der Waals surface area contributed by atoms with Gasteiger partial charge in [-0.05, 0) is 19.9 Å². The van der Waals surface area contributed by atoms with E-state index in [1.165, 1.54) is 0 Å². The van der Waals surface area contributed by atoms with Crippen LogP contribution in [0.1, 0.15) is 12.8 Å². The van der Waals surface area contributed by atoms with Gasteiger partial charge in [0.1, 0.15) is 0 Å². The summed E-state index contributed by atoms with van der Waals surface area (Å²) < 4.78 is 5.24. The minimum absolute atomic E-state index is 0.258. The molecule has 3 N–H and O–H groups in total. The SMILES string of the molecule is CN(C/C(N)=N/O)C1CCOCC1. The van der Waals surface area contributed by atoms with E-state index in [4.69, 9.17) is 15.7 Å². The molecule has 0 bridgehead atoms. The van der Waals surface area contributed by atoms with Crippen molar-refractivity contribution in [3.05, 3.63) is 0 Å². The maximum absolute atomic E-state index is 8.39. The molecular formula is C8H17N3O2. The highest BCUT2D eigenvalue weighted by Crippen LogP contribution is 2.11. The molecule has 0 aliphatic carbocycles. The second-order valence-corrected chi connectivity index (χ2v) is 3.35. The van der Waals surface area contributed by atoms with E-state index in [0.717, 1.165) is 26.1 Å². The molecule has 76 valence electrons. The molecule has 0 unspecified atom stereocenters. The fourth-order valence-electron chi connectivity index (χ4n) is 1.54. The molecule has 0 saturated carbocycles. The average molecular weight is 187 g/mol. The van der Waals surface area contributed by atoms with Crippen LogP contribution in [0.5, 0.6) is 0 Å².